The van der Waals surface area contributed by atoms with Gasteiger partial charge in [0.1, 0.15) is 0 Å². The molecule has 1 rings (SSSR count). The van der Waals surface area contributed by atoms with Gasteiger partial charge < -0.3 is 5.11 Å². The Labute approximate surface area is 82.7 Å². The molecule has 0 spiro atoms. The summed E-state index contributed by atoms with van der Waals surface area (Å²) in [7, 11) is 0. The number of aliphatic hydroxyl groups is 1. The normalized spacial score (nSPS) is 13.1. The number of rotatable bonds is 1. The van der Waals surface area contributed by atoms with Crippen LogP contribution in [0, 0.1) is 0 Å². The number of benzene rings is 1. The fraction of sp³-hybridized carbons (Fsp3) is 0.250. The molecule has 1 aromatic carbocycles. The van der Waals surface area contributed by atoms with Gasteiger partial charge in [-0.15, -0.1) is 0 Å². The van der Waals surface area contributed by atoms with Crippen LogP contribution >= 0.6 is 31.9 Å². The molecular formula is C8H8Br2O. The minimum absolute atomic E-state index is 0.413. The summed E-state index contributed by atoms with van der Waals surface area (Å²) in [6.07, 6.45) is -0.413. The average Bonchev–Trinajstić information content (AvgIpc) is 1.85. The molecule has 0 saturated carbocycles. The third kappa shape index (κ3) is 2.58. The van der Waals surface area contributed by atoms with E-state index in [9.17, 15) is 5.11 Å². The standard InChI is InChI=1S/C8H8Br2O/c1-5(11)6-2-7(9)4-8(10)3-6/h2-5,11H,1H3/t5-/m0/s1. The minimum atomic E-state index is -0.413. The van der Waals surface area contributed by atoms with E-state index in [4.69, 9.17) is 0 Å². The second-order valence-corrected chi connectivity index (χ2v) is 4.21. The van der Waals surface area contributed by atoms with E-state index in [0.717, 1.165) is 14.5 Å². The maximum atomic E-state index is 9.23. The van der Waals surface area contributed by atoms with Crippen LogP contribution in [0.3, 0.4) is 0 Å². The van der Waals surface area contributed by atoms with Gasteiger partial charge in [-0.3, -0.25) is 0 Å². The highest BCUT2D eigenvalue weighted by Gasteiger charge is 2.02. The van der Waals surface area contributed by atoms with Crippen molar-refractivity contribution in [3.63, 3.8) is 0 Å². The van der Waals surface area contributed by atoms with Crippen LogP contribution in [0.15, 0.2) is 27.1 Å². The van der Waals surface area contributed by atoms with Crippen molar-refractivity contribution in [3.8, 4) is 0 Å². The lowest BCUT2D eigenvalue weighted by Gasteiger charge is -2.05. The molecule has 0 amide bonds. The summed E-state index contributed by atoms with van der Waals surface area (Å²) in [5, 5.41) is 9.23. The van der Waals surface area contributed by atoms with Gasteiger partial charge in [0.15, 0.2) is 0 Å². The predicted molar refractivity (Wildman–Crippen MR) is 52.5 cm³/mol. The second-order valence-electron chi connectivity index (χ2n) is 2.38. The summed E-state index contributed by atoms with van der Waals surface area (Å²) in [5.41, 5.74) is 0.909. The Morgan fingerprint density at radius 1 is 1.18 bits per heavy atom. The molecule has 0 bridgehead atoms. The van der Waals surface area contributed by atoms with Crippen LogP contribution in [-0.4, -0.2) is 5.11 Å². The molecule has 1 atom stereocenters. The molecule has 0 aliphatic carbocycles. The number of halogens is 2. The first kappa shape index (κ1) is 9.23. The van der Waals surface area contributed by atoms with Crippen LogP contribution in [0.4, 0.5) is 0 Å². The molecular weight excluding hydrogens is 272 g/mol. The zero-order chi connectivity index (χ0) is 8.43. The SMILES string of the molecule is C[C@H](O)c1cc(Br)cc(Br)c1. The fourth-order valence-corrected chi connectivity index (χ4v) is 2.15. The summed E-state index contributed by atoms with van der Waals surface area (Å²) in [6, 6.07) is 5.73. The maximum absolute atomic E-state index is 9.23. The Hall–Kier alpha value is 0.140. The second kappa shape index (κ2) is 3.70. The van der Waals surface area contributed by atoms with E-state index in [0.29, 0.717) is 0 Å². The van der Waals surface area contributed by atoms with Crippen LogP contribution < -0.4 is 0 Å². The molecule has 0 saturated heterocycles. The first-order chi connectivity index (χ1) is 5.09. The zero-order valence-electron chi connectivity index (χ0n) is 6.01. The number of hydrogen-bond donors (Lipinski definition) is 1. The Kier molecular flexibility index (Phi) is 3.10. The van der Waals surface area contributed by atoms with Gasteiger partial charge in [0.05, 0.1) is 6.10 Å². The van der Waals surface area contributed by atoms with E-state index in [1.54, 1.807) is 6.92 Å². The highest BCUT2D eigenvalue weighted by atomic mass is 79.9. The van der Waals surface area contributed by atoms with Crippen molar-refractivity contribution in [2.45, 2.75) is 13.0 Å². The topological polar surface area (TPSA) is 20.2 Å². The van der Waals surface area contributed by atoms with E-state index in [2.05, 4.69) is 31.9 Å². The summed E-state index contributed by atoms with van der Waals surface area (Å²) < 4.78 is 1.95. The Balaban J connectivity index is 3.08. The largest absolute Gasteiger partial charge is 0.389 e. The van der Waals surface area contributed by atoms with Crippen LogP contribution in [-0.2, 0) is 0 Å². The van der Waals surface area contributed by atoms with E-state index >= 15 is 0 Å². The molecule has 0 fully saturated rings. The Morgan fingerprint density at radius 3 is 2.00 bits per heavy atom. The summed E-state index contributed by atoms with van der Waals surface area (Å²) in [4.78, 5) is 0. The highest BCUT2D eigenvalue weighted by molar-refractivity contribution is 9.11. The van der Waals surface area contributed by atoms with Gasteiger partial charge in [-0.25, -0.2) is 0 Å². The van der Waals surface area contributed by atoms with Gasteiger partial charge in [0, 0.05) is 8.95 Å². The molecule has 0 radical (unpaired) electrons. The lowest BCUT2D eigenvalue weighted by molar-refractivity contribution is 0.199. The van der Waals surface area contributed by atoms with Crippen molar-refractivity contribution in [1.82, 2.24) is 0 Å². The van der Waals surface area contributed by atoms with Crippen molar-refractivity contribution in [3.05, 3.63) is 32.7 Å². The maximum Gasteiger partial charge on any atom is 0.0762 e. The lowest BCUT2D eigenvalue weighted by atomic mass is 10.1. The number of hydrogen-bond acceptors (Lipinski definition) is 1. The van der Waals surface area contributed by atoms with Crippen molar-refractivity contribution in [2.75, 3.05) is 0 Å². The minimum Gasteiger partial charge on any atom is -0.389 e. The Morgan fingerprint density at radius 2 is 1.64 bits per heavy atom. The van der Waals surface area contributed by atoms with Crippen LogP contribution in [0.1, 0.15) is 18.6 Å². The monoisotopic (exact) mass is 278 g/mol. The summed E-state index contributed by atoms with van der Waals surface area (Å²) in [6.45, 7) is 1.74. The molecule has 0 heterocycles. The van der Waals surface area contributed by atoms with Crippen LogP contribution in [0.25, 0.3) is 0 Å². The predicted octanol–water partition coefficient (Wildman–Crippen LogP) is 3.26. The molecule has 0 unspecified atom stereocenters. The van der Waals surface area contributed by atoms with E-state index < -0.39 is 6.10 Å². The van der Waals surface area contributed by atoms with E-state index in [-0.39, 0.29) is 0 Å². The molecule has 1 aromatic rings. The molecule has 0 aliphatic rings. The quantitative estimate of drug-likeness (QED) is 0.837. The van der Waals surface area contributed by atoms with Crippen molar-refractivity contribution in [1.29, 1.82) is 0 Å². The van der Waals surface area contributed by atoms with Crippen LogP contribution in [0.2, 0.25) is 0 Å². The molecule has 60 valence electrons. The smallest absolute Gasteiger partial charge is 0.0762 e. The van der Waals surface area contributed by atoms with Gasteiger partial charge in [-0.05, 0) is 30.7 Å². The molecule has 11 heavy (non-hydrogen) atoms. The molecule has 0 aromatic heterocycles. The molecule has 1 N–H and O–H groups in total. The van der Waals surface area contributed by atoms with Crippen molar-refractivity contribution in [2.24, 2.45) is 0 Å². The first-order valence-corrected chi connectivity index (χ1v) is 4.82. The molecule has 0 aliphatic heterocycles. The number of aliphatic hydroxyl groups excluding tert-OH is 1. The first-order valence-electron chi connectivity index (χ1n) is 3.23. The fourth-order valence-electron chi connectivity index (χ4n) is 0.816. The summed E-state index contributed by atoms with van der Waals surface area (Å²) >= 11 is 6.68. The average molecular weight is 280 g/mol. The molecule has 3 heteroatoms. The van der Waals surface area contributed by atoms with Gasteiger partial charge >= 0.3 is 0 Å². The lowest BCUT2D eigenvalue weighted by Crippen LogP contribution is -1.90. The van der Waals surface area contributed by atoms with Gasteiger partial charge in [0.2, 0.25) is 0 Å². The van der Waals surface area contributed by atoms with E-state index in [1.165, 1.54) is 0 Å². The van der Waals surface area contributed by atoms with Gasteiger partial charge in [-0.1, -0.05) is 31.9 Å². The van der Waals surface area contributed by atoms with Crippen molar-refractivity contribution >= 4 is 31.9 Å². The van der Waals surface area contributed by atoms with Crippen LogP contribution in [0.5, 0.6) is 0 Å². The zero-order valence-corrected chi connectivity index (χ0v) is 9.18. The highest BCUT2D eigenvalue weighted by Crippen LogP contribution is 2.23. The summed E-state index contributed by atoms with van der Waals surface area (Å²) in [5.74, 6) is 0. The van der Waals surface area contributed by atoms with E-state index in [1.807, 2.05) is 18.2 Å². The third-order valence-electron chi connectivity index (χ3n) is 1.37. The molecule has 1 nitrogen and oxygen atoms in total. The van der Waals surface area contributed by atoms with Gasteiger partial charge in [-0.2, -0.15) is 0 Å². The van der Waals surface area contributed by atoms with Gasteiger partial charge in [0.25, 0.3) is 0 Å². The van der Waals surface area contributed by atoms with Crippen molar-refractivity contribution < 1.29 is 5.11 Å². The third-order valence-corrected chi connectivity index (χ3v) is 2.28. The Bertz CT molecular complexity index is 238.